The maximum Gasteiger partial charge on any atom is 0.426 e. The molecule has 2 aromatic carbocycles. The molecule has 0 bridgehead atoms. The van der Waals surface area contributed by atoms with Gasteiger partial charge in [0.1, 0.15) is 0 Å². The molecule has 0 fully saturated rings. The van der Waals surface area contributed by atoms with E-state index in [-0.39, 0.29) is 16.1 Å². The summed E-state index contributed by atoms with van der Waals surface area (Å²) in [5, 5.41) is 11.4. The first-order valence-corrected chi connectivity index (χ1v) is 9.47. The Labute approximate surface area is 160 Å². The summed E-state index contributed by atoms with van der Waals surface area (Å²) in [7, 11) is -2.55. The lowest BCUT2D eigenvalue weighted by molar-refractivity contribution is -0.242. The van der Waals surface area contributed by atoms with Gasteiger partial charge in [-0.3, -0.25) is 9.10 Å². The SMILES string of the molecule is Cc1cc(S(=O)(=O)N(C)c2ccccc2)ccc1NC(=O)[C@@](C)(O)C(F)(F)F. The first-order valence-electron chi connectivity index (χ1n) is 8.03. The molecule has 0 aliphatic heterocycles. The standard InChI is InChI=1S/C18H19F3N2O4S/c1-12-11-14(28(26,27)23(3)13-7-5-4-6-8-13)9-10-15(12)22-16(24)17(2,25)18(19,20)21/h4-11,25H,1-3H3,(H,22,24)/t17-/m1/s1. The van der Waals surface area contributed by atoms with E-state index < -0.39 is 27.7 Å². The van der Waals surface area contributed by atoms with Crippen molar-refractivity contribution in [1.29, 1.82) is 0 Å². The number of sulfonamides is 1. The molecule has 6 nitrogen and oxygen atoms in total. The molecular formula is C18H19F3N2O4S. The van der Waals surface area contributed by atoms with E-state index in [1.54, 1.807) is 30.3 Å². The average molecular weight is 416 g/mol. The van der Waals surface area contributed by atoms with Gasteiger partial charge in [0.25, 0.3) is 15.9 Å². The van der Waals surface area contributed by atoms with Crippen molar-refractivity contribution in [1.82, 2.24) is 0 Å². The molecule has 0 aromatic heterocycles. The number of anilines is 2. The fourth-order valence-corrected chi connectivity index (χ4v) is 3.53. The summed E-state index contributed by atoms with van der Waals surface area (Å²) >= 11 is 0. The van der Waals surface area contributed by atoms with Gasteiger partial charge < -0.3 is 10.4 Å². The molecule has 10 heteroatoms. The first kappa shape index (κ1) is 21.7. The number of nitrogens with zero attached hydrogens (tertiary/aromatic N) is 1. The summed E-state index contributed by atoms with van der Waals surface area (Å²) in [4.78, 5) is 11.7. The van der Waals surface area contributed by atoms with E-state index in [0.717, 1.165) is 4.31 Å². The van der Waals surface area contributed by atoms with Crippen molar-refractivity contribution < 1.29 is 31.5 Å². The van der Waals surface area contributed by atoms with Crippen LogP contribution in [0.4, 0.5) is 24.5 Å². The maximum absolute atomic E-state index is 12.8. The Kier molecular flexibility index (Phi) is 5.77. The number of hydrogen-bond acceptors (Lipinski definition) is 4. The topological polar surface area (TPSA) is 86.7 Å². The molecule has 2 rings (SSSR count). The van der Waals surface area contributed by atoms with Crippen LogP contribution in [-0.2, 0) is 14.8 Å². The molecule has 2 N–H and O–H groups in total. The molecule has 0 heterocycles. The van der Waals surface area contributed by atoms with Gasteiger partial charge in [-0.05, 0) is 49.7 Å². The predicted molar refractivity (Wildman–Crippen MR) is 98.5 cm³/mol. The Morgan fingerprint density at radius 3 is 2.18 bits per heavy atom. The molecule has 0 saturated heterocycles. The quantitative estimate of drug-likeness (QED) is 0.784. The molecule has 0 unspecified atom stereocenters. The smallest absolute Gasteiger partial charge is 0.373 e. The van der Waals surface area contributed by atoms with Crippen molar-refractivity contribution in [3.05, 3.63) is 54.1 Å². The van der Waals surface area contributed by atoms with Gasteiger partial charge in [0.15, 0.2) is 0 Å². The average Bonchev–Trinajstić information content (AvgIpc) is 2.62. The zero-order valence-electron chi connectivity index (χ0n) is 15.3. The molecule has 1 amide bonds. The number of aliphatic hydroxyl groups is 1. The van der Waals surface area contributed by atoms with E-state index in [4.69, 9.17) is 0 Å². The number of amides is 1. The van der Waals surface area contributed by atoms with Crippen molar-refractivity contribution in [3.8, 4) is 0 Å². The molecule has 152 valence electrons. The third-order valence-electron chi connectivity index (χ3n) is 4.22. The summed E-state index contributed by atoms with van der Waals surface area (Å²) in [5.74, 6) is -1.67. The van der Waals surface area contributed by atoms with Gasteiger partial charge in [0.05, 0.1) is 10.6 Å². The van der Waals surface area contributed by atoms with E-state index in [9.17, 15) is 31.5 Å². The van der Waals surface area contributed by atoms with Gasteiger partial charge in [-0.25, -0.2) is 8.42 Å². The Morgan fingerprint density at radius 2 is 1.68 bits per heavy atom. The van der Waals surface area contributed by atoms with Gasteiger partial charge in [-0.2, -0.15) is 13.2 Å². The van der Waals surface area contributed by atoms with Gasteiger partial charge in [-0.1, -0.05) is 18.2 Å². The number of halogens is 3. The summed E-state index contributed by atoms with van der Waals surface area (Å²) < 4.78 is 64.9. The summed E-state index contributed by atoms with van der Waals surface area (Å²) in [5.41, 5.74) is -2.99. The Balaban J connectivity index is 2.31. The monoisotopic (exact) mass is 416 g/mol. The molecule has 0 aliphatic carbocycles. The van der Waals surface area contributed by atoms with E-state index in [2.05, 4.69) is 0 Å². The minimum Gasteiger partial charge on any atom is -0.373 e. The van der Waals surface area contributed by atoms with Crippen LogP contribution in [-0.4, -0.2) is 38.3 Å². The fraction of sp³-hybridized carbons (Fsp3) is 0.278. The number of hydrogen-bond donors (Lipinski definition) is 2. The van der Waals surface area contributed by atoms with Crippen LogP contribution in [0, 0.1) is 6.92 Å². The van der Waals surface area contributed by atoms with Gasteiger partial charge in [0.2, 0.25) is 5.60 Å². The van der Waals surface area contributed by atoms with Crippen LogP contribution in [0.5, 0.6) is 0 Å². The summed E-state index contributed by atoms with van der Waals surface area (Å²) in [6, 6.07) is 11.9. The number of para-hydroxylation sites is 1. The second kappa shape index (κ2) is 7.44. The molecule has 0 aliphatic rings. The van der Waals surface area contributed by atoms with Crippen molar-refractivity contribution in [2.24, 2.45) is 0 Å². The molecule has 2 aromatic rings. The lowest BCUT2D eigenvalue weighted by Crippen LogP contribution is -2.52. The van der Waals surface area contributed by atoms with Gasteiger partial charge in [-0.15, -0.1) is 0 Å². The van der Waals surface area contributed by atoms with Crippen LogP contribution >= 0.6 is 0 Å². The molecule has 1 atom stereocenters. The van der Waals surface area contributed by atoms with Crippen molar-refractivity contribution in [2.75, 3.05) is 16.7 Å². The second-order valence-corrected chi connectivity index (χ2v) is 8.28. The van der Waals surface area contributed by atoms with E-state index in [1.165, 1.54) is 32.2 Å². The highest BCUT2D eigenvalue weighted by atomic mass is 32.2. The number of carbonyl (C=O) groups is 1. The van der Waals surface area contributed by atoms with Gasteiger partial charge in [0, 0.05) is 12.7 Å². The molecule has 28 heavy (non-hydrogen) atoms. The van der Waals surface area contributed by atoms with Crippen LogP contribution < -0.4 is 9.62 Å². The van der Waals surface area contributed by atoms with E-state index >= 15 is 0 Å². The van der Waals surface area contributed by atoms with Crippen LogP contribution in [0.15, 0.2) is 53.4 Å². The van der Waals surface area contributed by atoms with Crippen LogP contribution in [0.25, 0.3) is 0 Å². The van der Waals surface area contributed by atoms with Crippen molar-refractivity contribution >= 4 is 27.3 Å². The number of nitrogens with one attached hydrogen (secondary N) is 1. The predicted octanol–water partition coefficient (Wildman–Crippen LogP) is 3.07. The van der Waals surface area contributed by atoms with Crippen LogP contribution in [0.3, 0.4) is 0 Å². The minimum atomic E-state index is -5.16. The Bertz CT molecular complexity index is 974. The number of aryl methyl sites for hydroxylation is 1. The van der Waals surface area contributed by atoms with Crippen LogP contribution in [0.1, 0.15) is 12.5 Å². The zero-order valence-corrected chi connectivity index (χ0v) is 16.1. The number of rotatable bonds is 5. The molecule has 0 spiro atoms. The lowest BCUT2D eigenvalue weighted by Gasteiger charge is -2.25. The maximum atomic E-state index is 12.8. The van der Waals surface area contributed by atoms with Gasteiger partial charge >= 0.3 is 6.18 Å². The highest BCUT2D eigenvalue weighted by Crippen LogP contribution is 2.32. The van der Waals surface area contributed by atoms with E-state index in [1.807, 2.05) is 5.32 Å². The summed E-state index contributed by atoms with van der Waals surface area (Å²) in [6.07, 6.45) is -5.16. The largest absolute Gasteiger partial charge is 0.426 e. The van der Waals surface area contributed by atoms with Crippen molar-refractivity contribution in [3.63, 3.8) is 0 Å². The molecule has 0 saturated carbocycles. The fourth-order valence-electron chi connectivity index (χ4n) is 2.24. The Morgan fingerprint density at radius 1 is 1.11 bits per heavy atom. The third kappa shape index (κ3) is 4.12. The van der Waals surface area contributed by atoms with E-state index in [0.29, 0.717) is 12.6 Å². The third-order valence-corrected chi connectivity index (χ3v) is 6.00. The normalized spacial score (nSPS) is 14.2. The minimum absolute atomic E-state index is 0.0455. The summed E-state index contributed by atoms with van der Waals surface area (Å²) in [6.45, 7) is 1.77. The molecular weight excluding hydrogens is 397 g/mol. The zero-order chi connectivity index (χ0) is 21.3. The van der Waals surface area contributed by atoms with Crippen LogP contribution in [0.2, 0.25) is 0 Å². The number of benzene rings is 2. The molecule has 0 radical (unpaired) electrons. The second-order valence-electron chi connectivity index (χ2n) is 6.31. The Hall–Kier alpha value is -2.59. The van der Waals surface area contributed by atoms with Crippen molar-refractivity contribution in [2.45, 2.75) is 30.5 Å². The lowest BCUT2D eigenvalue weighted by atomic mass is 10.1. The first-order chi connectivity index (χ1) is 12.8. The number of alkyl halides is 3. The number of carbonyl (C=O) groups excluding carboxylic acids is 1. The highest BCUT2D eigenvalue weighted by Gasteiger charge is 2.55. The highest BCUT2D eigenvalue weighted by molar-refractivity contribution is 7.92.